The van der Waals surface area contributed by atoms with Gasteiger partial charge < -0.3 is 9.84 Å². The molecule has 0 unspecified atom stereocenters. The number of halogens is 3. The normalized spacial score (nSPS) is 15.6. The molecule has 0 aliphatic carbocycles. The van der Waals surface area contributed by atoms with Crippen molar-refractivity contribution in [3.8, 4) is 0 Å². The maximum absolute atomic E-state index is 12.2. The summed E-state index contributed by atoms with van der Waals surface area (Å²) in [7, 11) is 0. The molecule has 0 aromatic rings. The maximum Gasteiger partial charge on any atom is 0.426 e. The van der Waals surface area contributed by atoms with Crippen molar-refractivity contribution >= 4 is 12.0 Å². The molecule has 6 nitrogen and oxygen atoms in total. The van der Waals surface area contributed by atoms with Crippen molar-refractivity contribution in [2.75, 3.05) is 0 Å². The molecule has 0 bridgehead atoms. The van der Waals surface area contributed by atoms with E-state index < -0.39 is 29.4 Å². The average molecular weight is 272 g/mol. The summed E-state index contributed by atoms with van der Waals surface area (Å²) in [5.41, 5.74) is -1.47. The van der Waals surface area contributed by atoms with E-state index in [0.29, 0.717) is 0 Å². The molecule has 0 fully saturated rings. The SMILES string of the molecule is CC(C)(C)OC(=O)NNC(=O)[C@@](C)(O)C(F)(F)F. The van der Waals surface area contributed by atoms with Crippen LogP contribution in [-0.4, -0.2) is 34.5 Å². The Morgan fingerprint density at radius 3 is 1.83 bits per heavy atom. The highest BCUT2D eigenvalue weighted by Gasteiger charge is 2.56. The smallest absolute Gasteiger partial charge is 0.426 e. The van der Waals surface area contributed by atoms with Gasteiger partial charge in [-0.15, -0.1) is 0 Å². The van der Waals surface area contributed by atoms with E-state index in [-0.39, 0.29) is 6.92 Å². The van der Waals surface area contributed by atoms with Crippen LogP contribution in [0.5, 0.6) is 0 Å². The maximum atomic E-state index is 12.2. The molecule has 18 heavy (non-hydrogen) atoms. The minimum atomic E-state index is -5.16. The Bertz CT molecular complexity index is 334. The van der Waals surface area contributed by atoms with Gasteiger partial charge in [-0.2, -0.15) is 13.2 Å². The summed E-state index contributed by atoms with van der Waals surface area (Å²) >= 11 is 0. The zero-order valence-corrected chi connectivity index (χ0v) is 10.3. The second kappa shape index (κ2) is 5.01. The van der Waals surface area contributed by atoms with Crippen molar-refractivity contribution in [3.05, 3.63) is 0 Å². The molecule has 0 aliphatic heterocycles. The first-order valence-corrected chi connectivity index (χ1v) is 4.86. The van der Waals surface area contributed by atoms with Crippen molar-refractivity contribution in [1.29, 1.82) is 0 Å². The first kappa shape index (κ1) is 16.5. The molecule has 2 amide bonds. The average Bonchev–Trinajstić information content (AvgIpc) is 2.09. The number of ether oxygens (including phenoxy) is 1. The molecule has 3 N–H and O–H groups in total. The van der Waals surface area contributed by atoms with Crippen LogP contribution in [0, 0.1) is 0 Å². The van der Waals surface area contributed by atoms with Crippen molar-refractivity contribution < 1.29 is 32.6 Å². The summed E-state index contributed by atoms with van der Waals surface area (Å²) in [5, 5.41) is 8.94. The zero-order valence-electron chi connectivity index (χ0n) is 10.3. The summed E-state index contributed by atoms with van der Waals surface area (Å²) in [6.07, 6.45) is -6.30. The van der Waals surface area contributed by atoms with Crippen LogP contribution in [-0.2, 0) is 9.53 Å². The lowest BCUT2D eigenvalue weighted by Gasteiger charge is -2.25. The summed E-state index contributed by atoms with van der Waals surface area (Å²) in [5.74, 6) is -1.82. The fraction of sp³-hybridized carbons (Fsp3) is 0.778. The summed E-state index contributed by atoms with van der Waals surface area (Å²) < 4.78 is 41.3. The predicted octanol–water partition coefficient (Wildman–Crippen LogP) is 0.856. The highest BCUT2D eigenvalue weighted by molar-refractivity contribution is 5.86. The Hall–Kier alpha value is -1.51. The molecule has 0 spiro atoms. The third-order valence-corrected chi connectivity index (χ3v) is 1.67. The standard InChI is InChI=1S/C9H15F3N2O4/c1-7(2,3)18-6(16)14-13-5(15)8(4,17)9(10,11)12/h17H,1-4H3,(H,13,15)(H,14,16)/t8-/m1/s1. The molecule has 0 rings (SSSR count). The summed E-state index contributed by atoms with van der Waals surface area (Å²) in [4.78, 5) is 22.1. The van der Waals surface area contributed by atoms with E-state index in [2.05, 4.69) is 4.74 Å². The van der Waals surface area contributed by atoms with Crippen LogP contribution in [0.2, 0.25) is 0 Å². The molecule has 0 aromatic carbocycles. The van der Waals surface area contributed by atoms with Crippen LogP contribution in [0.25, 0.3) is 0 Å². The number of nitrogens with one attached hydrogen (secondary N) is 2. The number of hydrogen-bond donors (Lipinski definition) is 3. The minimum absolute atomic E-state index is 0.263. The van der Waals surface area contributed by atoms with Gasteiger partial charge in [0.1, 0.15) is 5.60 Å². The van der Waals surface area contributed by atoms with Crippen LogP contribution in [0.15, 0.2) is 0 Å². The molecule has 0 heterocycles. The van der Waals surface area contributed by atoms with Crippen molar-refractivity contribution in [3.63, 3.8) is 0 Å². The third kappa shape index (κ3) is 4.78. The van der Waals surface area contributed by atoms with Gasteiger partial charge in [0, 0.05) is 0 Å². The van der Waals surface area contributed by atoms with E-state index in [4.69, 9.17) is 5.11 Å². The van der Waals surface area contributed by atoms with Gasteiger partial charge in [0.15, 0.2) is 0 Å². The van der Waals surface area contributed by atoms with E-state index in [0.717, 1.165) is 0 Å². The summed E-state index contributed by atoms with van der Waals surface area (Å²) in [6, 6.07) is 0. The quantitative estimate of drug-likeness (QED) is 0.618. The Morgan fingerprint density at radius 1 is 1.06 bits per heavy atom. The lowest BCUT2D eigenvalue weighted by molar-refractivity contribution is -0.245. The molecule has 9 heteroatoms. The first-order chi connectivity index (χ1) is 7.77. The summed E-state index contributed by atoms with van der Waals surface area (Å²) in [6.45, 7) is 4.85. The van der Waals surface area contributed by atoms with E-state index >= 15 is 0 Å². The van der Waals surface area contributed by atoms with Gasteiger partial charge in [-0.1, -0.05) is 0 Å². The fourth-order valence-electron chi connectivity index (χ4n) is 0.662. The van der Waals surface area contributed by atoms with Crippen LogP contribution in [0.3, 0.4) is 0 Å². The molecule has 0 aliphatic rings. The zero-order chi connectivity index (χ0) is 14.8. The van der Waals surface area contributed by atoms with Crippen molar-refractivity contribution in [2.45, 2.75) is 45.1 Å². The molecule has 0 saturated heterocycles. The van der Waals surface area contributed by atoms with Crippen LogP contribution >= 0.6 is 0 Å². The molecular weight excluding hydrogens is 257 g/mol. The molecule has 1 atom stereocenters. The number of amides is 2. The molecule has 0 saturated carbocycles. The second-order valence-electron chi connectivity index (χ2n) is 4.65. The number of alkyl halides is 3. The largest absolute Gasteiger partial charge is 0.443 e. The molecule has 106 valence electrons. The highest BCUT2D eigenvalue weighted by atomic mass is 19.4. The lowest BCUT2D eigenvalue weighted by atomic mass is 10.1. The van der Waals surface area contributed by atoms with E-state index in [9.17, 15) is 22.8 Å². The Kier molecular flexibility index (Phi) is 4.59. The van der Waals surface area contributed by atoms with Gasteiger partial charge in [0.2, 0.25) is 5.60 Å². The van der Waals surface area contributed by atoms with E-state index in [1.165, 1.54) is 26.2 Å². The monoisotopic (exact) mass is 272 g/mol. The number of carbonyl (C=O) groups excluding carboxylic acids is 2. The number of aliphatic hydroxyl groups is 1. The topological polar surface area (TPSA) is 87.7 Å². The third-order valence-electron chi connectivity index (χ3n) is 1.67. The minimum Gasteiger partial charge on any atom is -0.443 e. The highest BCUT2D eigenvalue weighted by Crippen LogP contribution is 2.29. The van der Waals surface area contributed by atoms with Crippen LogP contribution < -0.4 is 10.9 Å². The number of rotatable bonds is 1. The lowest BCUT2D eigenvalue weighted by Crippen LogP contribution is -2.58. The van der Waals surface area contributed by atoms with Gasteiger partial charge in [0.25, 0.3) is 5.91 Å². The van der Waals surface area contributed by atoms with Gasteiger partial charge >= 0.3 is 12.3 Å². The van der Waals surface area contributed by atoms with E-state index in [1.54, 1.807) is 5.43 Å². The fourth-order valence-corrected chi connectivity index (χ4v) is 0.662. The number of carbonyl (C=O) groups is 2. The van der Waals surface area contributed by atoms with Crippen LogP contribution in [0.4, 0.5) is 18.0 Å². The van der Waals surface area contributed by atoms with Gasteiger partial charge in [-0.25, -0.2) is 10.2 Å². The van der Waals surface area contributed by atoms with Crippen LogP contribution in [0.1, 0.15) is 27.7 Å². The Balaban J connectivity index is 4.41. The van der Waals surface area contributed by atoms with Gasteiger partial charge in [0.05, 0.1) is 0 Å². The van der Waals surface area contributed by atoms with Gasteiger partial charge in [-0.05, 0) is 27.7 Å². The van der Waals surface area contributed by atoms with Crippen molar-refractivity contribution in [2.24, 2.45) is 0 Å². The van der Waals surface area contributed by atoms with Gasteiger partial charge in [-0.3, -0.25) is 10.2 Å². The molecular formula is C9H15F3N2O4. The second-order valence-corrected chi connectivity index (χ2v) is 4.65. The van der Waals surface area contributed by atoms with Crippen molar-refractivity contribution in [1.82, 2.24) is 10.9 Å². The first-order valence-electron chi connectivity index (χ1n) is 4.86. The molecule has 0 aromatic heterocycles. The Labute approximate surface area is 101 Å². The molecule has 0 radical (unpaired) electrons. The predicted molar refractivity (Wildman–Crippen MR) is 54.2 cm³/mol. The Morgan fingerprint density at radius 2 is 1.50 bits per heavy atom. The van der Waals surface area contributed by atoms with E-state index in [1.807, 2.05) is 0 Å². The number of hydrazine groups is 1. The number of hydrogen-bond acceptors (Lipinski definition) is 4.